The van der Waals surface area contributed by atoms with Gasteiger partial charge in [0.2, 0.25) is 0 Å². The van der Waals surface area contributed by atoms with Crippen LogP contribution in [0.15, 0.2) is 0 Å². The minimum Gasteiger partial charge on any atom is -0.202 e. The second-order valence-electron chi connectivity index (χ2n) is 0. The van der Waals surface area contributed by atoms with Crippen LogP contribution in [0.25, 0.3) is 0 Å². The Balaban J connectivity index is -0.00000000762. The third-order valence-corrected chi connectivity index (χ3v) is 0. The number of rotatable bonds is 0. The summed E-state index contributed by atoms with van der Waals surface area (Å²) in [5, 5.41) is 26.0. The number of hydrogen-bond donors (Lipinski definition) is 0. The zero-order valence-corrected chi connectivity index (χ0v) is 5.34. The summed E-state index contributed by atoms with van der Waals surface area (Å²) in [6.07, 6.45) is 0. The van der Waals surface area contributed by atoms with Crippen molar-refractivity contribution < 1.29 is 17.1 Å². The Morgan fingerprint density at radius 2 is 0.444 bits per heavy atom. The van der Waals surface area contributed by atoms with Crippen LogP contribution in [0.4, 0.5) is 0 Å². The van der Waals surface area contributed by atoms with Gasteiger partial charge in [0.05, 0.1) is 0 Å². The molecule has 0 atom stereocenters. The van der Waals surface area contributed by atoms with Gasteiger partial charge < -0.3 is 0 Å². The summed E-state index contributed by atoms with van der Waals surface area (Å²) >= 11 is 0. The van der Waals surface area contributed by atoms with Crippen molar-refractivity contribution in [2.45, 2.75) is 0 Å². The first kappa shape index (κ1) is 51.1. The van der Waals surface area contributed by atoms with Crippen LogP contribution in [0.2, 0.25) is 0 Å². The Morgan fingerprint density at radius 1 is 0.444 bits per heavy atom. The average Bonchev–Trinajstić information content (AvgIpc) is 2.03. The van der Waals surface area contributed by atoms with E-state index in [-0.39, 0.29) is 17.1 Å². The normalized spacial score (nSPS) is 0.889. The summed E-state index contributed by atoms with van der Waals surface area (Å²) in [5.41, 5.74) is 0. The minimum absolute atomic E-state index is 0. The molecule has 0 aromatic carbocycles. The van der Waals surface area contributed by atoms with Crippen LogP contribution < -0.4 is 0 Å². The first-order valence-electron chi connectivity index (χ1n) is 1.03. The van der Waals surface area contributed by atoms with Crippen LogP contribution in [0, 0.1) is 47.3 Å². The van der Waals surface area contributed by atoms with E-state index >= 15 is 0 Å². The van der Waals surface area contributed by atoms with Crippen LogP contribution in [0.1, 0.15) is 0 Å². The van der Waals surface area contributed by atoms with Gasteiger partial charge in [-0.3, -0.25) is 0 Å². The molecule has 4 nitrogen and oxygen atoms in total. The molecule has 5 heteroatoms. The number of hydrogen-bond acceptors (Lipinski definition) is 4. The number of nitrogens with zero attached hydrogens (tertiary/aromatic N) is 4. The van der Waals surface area contributed by atoms with Crippen molar-refractivity contribution in [3.8, 4) is 26.3 Å². The van der Waals surface area contributed by atoms with Crippen LogP contribution in [-0.4, -0.2) is 0 Å². The molecule has 51 valence electrons. The molecule has 0 aliphatic carbocycles. The second-order valence-corrected chi connectivity index (χ2v) is 0. The van der Waals surface area contributed by atoms with Gasteiger partial charge in [-0.2, -0.15) is 0 Å². The first-order chi connectivity index (χ1) is 4.00. The SMILES string of the molecule is C#N.C#N.C#N.C#N.[Cu]. The minimum atomic E-state index is 0. The monoisotopic (exact) mass is 171 g/mol. The molecule has 0 aliphatic heterocycles. The van der Waals surface area contributed by atoms with Gasteiger partial charge in [-0.1, -0.05) is 0 Å². The van der Waals surface area contributed by atoms with Crippen molar-refractivity contribution in [3.63, 3.8) is 0 Å². The Morgan fingerprint density at radius 3 is 0.444 bits per heavy atom. The van der Waals surface area contributed by atoms with Crippen LogP contribution in [-0.2, 0) is 17.1 Å². The maximum Gasteiger partial charge on any atom is 0.0462 e. The Hall–Kier alpha value is -1.52. The molecule has 0 heterocycles. The molecule has 9 heavy (non-hydrogen) atoms. The molecule has 0 rings (SSSR count). The third-order valence-electron chi connectivity index (χ3n) is 0. The maximum absolute atomic E-state index is 6.50. The van der Waals surface area contributed by atoms with Crippen LogP contribution >= 0.6 is 0 Å². The van der Waals surface area contributed by atoms with E-state index in [1.165, 1.54) is 0 Å². The molecule has 1 radical (unpaired) electrons. The zero-order chi connectivity index (χ0) is 8.00. The molecule has 0 aromatic heterocycles. The average molecular weight is 172 g/mol. The predicted octanol–water partition coefficient (Wildman–Crippen LogP) is 0.557. The van der Waals surface area contributed by atoms with Crippen molar-refractivity contribution in [2.24, 2.45) is 0 Å². The molecular weight excluding hydrogens is 168 g/mol. The second kappa shape index (κ2) is 84.1. The molecule has 0 aliphatic rings. The molecule has 0 unspecified atom stereocenters. The van der Waals surface area contributed by atoms with Crippen LogP contribution in [0.5, 0.6) is 0 Å². The summed E-state index contributed by atoms with van der Waals surface area (Å²) in [6.45, 7) is 14.0. The molecule has 0 N–H and O–H groups in total. The van der Waals surface area contributed by atoms with Gasteiger partial charge in [-0.05, 0) is 0 Å². The van der Waals surface area contributed by atoms with E-state index in [4.69, 9.17) is 21.0 Å². The van der Waals surface area contributed by atoms with E-state index in [1.807, 2.05) is 0 Å². The van der Waals surface area contributed by atoms with Crippen molar-refractivity contribution in [1.82, 2.24) is 0 Å². The van der Waals surface area contributed by atoms with Crippen molar-refractivity contribution in [1.29, 1.82) is 21.0 Å². The fourth-order valence-corrected chi connectivity index (χ4v) is 0. The zero-order valence-electron chi connectivity index (χ0n) is 4.40. The predicted molar refractivity (Wildman–Crippen MR) is 26.7 cm³/mol. The van der Waals surface area contributed by atoms with Crippen molar-refractivity contribution in [3.05, 3.63) is 0 Å². The molecular formula is C4H4CuN4. The molecule has 0 bridgehead atoms. The Bertz CT molecular complexity index is 55.5. The summed E-state index contributed by atoms with van der Waals surface area (Å²) in [7, 11) is 0. The van der Waals surface area contributed by atoms with E-state index < -0.39 is 0 Å². The molecule has 0 spiro atoms. The van der Waals surface area contributed by atoms with Gasteiger partial charge in [0.1, 0.15) is 0 Å². The summed E-state index contributed by atoms with van der Waals surface area (Å²) in [4.78, 5) is 0. The van der Waals surface area contributed by atoms with Gasteiger partial charge in [0, 0.05) is 43.4 Å². The van der Waals surface area contributed by atoms with E-state index in [2.05, 4.69) is 26.3 Å². The fourth-order valence-electron chi connectivity index (χ4n) is 0. The molecule has 0 amide bonds. The van der Waals surface area contributed by atoms with Gasteiger partial charge in [0.25, 0.3) is 0 Å². The number of nitriles is 4. The Labute approximate surface area is 65.0 Å². The van der Waals surface area contributed by atoms with E-state index in [1.54, 1.807) is 0 Å². The topological polar surface area (TPSA) is 95.2 Å². The molecule has 0 fully saturated rings. The molecule has 0 aromatic rings. The van der Waals surface area contributed by atoms with Crippen LogP contribution in [0.3, 0.4) is 0 Å². The Kier molecular flexibility index (Phi) is 478. The summed E-state index contributed by atoms with van der Waals surface area (Å²) in [6, 6.07) is 0. The van der Waals surface area contributed by atoms with E-state index in [0.29, 0.717) is 0 Å². The summed E-state index contributed by atoms with van der Waals surface area (Å²) < 4.78 is 0. The fraction of sp³-hybridized carbons (Fsp3) is 0. The maximum atomic E-state index is 6.50. The van der Waals surface area contributed by atoms with Gasteiger partial charge in [-0.15, -0.1) is 0 Å². The largest absolute Gasteiger partial charge is 0.202 e. The van der Waals surface area contributed by atoms with Gasteiger partial charge in [0.15, 0.2) is 0 Å². The third kappa shape index (κ3) is 56.2. The first-order valence-corrected chi connectivity index (χ1v) is 1.03. The van der Waals surface area contributed by atoms with Crippen molar-refractivity contribution in [2.75, 3.05) is 0 Å². The van der Waals surface area contributed by atoms with E-state index in [0.717, 1.165) is 0 Å². The summed E-state index contributed by atoms with van der Waals surface area (Å²) in [5.74, 6) is 0. The van der Waals surface area contributed by atoms with Gasteiger partial charge in [-0.25, -0.2) is 21.0 Å². The van der Waals surface area contributed by atoms with Crippen molar-refractivity contribution >= 4 is 0 Å². The molecule has 0 saturated heterocycles. The van der Waals surface area contributed by atoms with E-state index in [9.17, 15) is 0 Å². The van der Waals surface area contributed by atoms with Gasteiger partial charge >= 0.3 is 0 Å². The quantitative estimate of drug-likeness (QED) is 0.498. The standard InChI is InChI=1S/4CHN.Cu/c4*1-2;/h4*1H;. The smallest absolute Gasteiger partial charge is 0.0462 e. The molecule has 0 saturated carbocycles.